The van der Waals surface area contributed by atoms with Crippen molar-refractivity contribution in [2.45, 2.75) is 13.8 Å². The van der Waals surface area contributed by atoms with Gasteiger partial charge in [0.05, 0.1) is 5.57 Å². The summed E-state index contributed by atoms with van der Waals surface area (Å²) in [6.45, 7) is 7.56. The van der Waals surface area contributed by atoms with Crippen LogP contribution in [-0.4, -0.2) is 21.0 Å². The molecule has 0 aliphatic heterocycles. The van der Waals surface area contributed by atoms with Crippen LogP contribution >= 0.6 is 11.5 Å². The Kier molecular flexibility index (Phi) is 6.24. The molecule has 0 aliphatic carbocycles. The van der Waals surface area contributed by atoms with Gasteiger partial charge in [0.1, 0.15) is 0 Å². The normalized spacial score (nSPS) is 11.9. The average Bonchev–Trinajstić information content (AvgIpc) is 3.17. The summed E-state index contributed by atoms with van der Waals surface area (Å²) in [5, 5.41) is 3.21. The minimum Gasteiger partial charge on any atom is -0.297 e. The Morgan fingerprint density at radius 2 is 1.71 bits per heavy atom. The van der Waals surface area contributed by atoms with Crippen LogP contribution in [0.4, 0.5) is 5.13 Å². The second kappa shape index (κ2) is 9.01. The lowest BCUT2D eigenvalue weighted by Gasteiger charge is -2.05. The monoisotopic (exact) mass is 388 g/mol. The number of hydrogen-bond donors (Lipinski definition) is 1. The van der Waals surface area contributed by atoms with Gasteiger partial charge in [0.15, 0.2) is 5.82 Å². The summed E-state index contributed by atoms with van der Waals surface area (Å²) in [5.41, 5.74) is 3.73. The van der Waals surface area contributed by atoms with E-state index in [4.69, 9.17) is 0 Å². The topological polar surface area (TPSA) is 67.2 Å². The Hall–Kier alpha value is -3.38. The molecule has 28 heavy (non-hydrogen) atoms. The van der Waals surface area contributed by atoms with E-state index in [1.165, 1.54) is 0 Å². The number of carbonyl (C=O) groups is 1. The SMILES string of the molecule is C=C(C)/C(=C\N=C(C)c1ccccc1)C(=O)Nc1nc(-c2ccccc2)ns1. The molecule has 0 saturated carbocycles. The first kappa shape index (κ1) is 19.4. The van der Waals surface area contributed by atoms with Crippen molar-refractivity contribution >= 4 is 28.3 Å². The summed E-state index contributed by atoms with van der Waals surface area (Å²) in [5.74, 6) is 0.271. The number of nitrogens with zero attached hydrogens (tertiary/aromatic N) is 3. The number of nitrogens with one attached hydrogen (secondary N) is 1. The molecule has 0 unspecified atom stereocenters. The Bertz CT molecular complexity index is 1040. The molecule has 0 atom stereocenters. The largest absolute Gasteiger partial charge is 0.297 e. The van der Waals surface area contributed by atoms with Crippen LogP contribution in [0.5, 0.6) is 0 Å². The molecular weight excluding hydrogens is 368 g/mol. The smallest absolute Gasteiger partial charge is 0.259 e. The number of amides is 1. The number of hydrogen-bond acceptors (Lipinski definition) is 5. The zero-order chi connectivity index (χ0) is 19.9. The van der Waals surface area contributed by atoms with Crippen LogP contribution in [0.3, 0.4) is 0 Å². The van der Waals surface area contributed by atoms with Gasteiger partial charge in [0, 0.05) is 29.0 Å². The summed E-state index contributed by atoms with van der Waals surface area (Å²) >= 11 is 1.14. The molecule has 3 aromatic rings. The predicted octanol–water partition coefficient (Wildman–Crippen LogP) is 5.11. The molecule has 5 nitrogen and oxygen atoms in total. The Morgan fingerprint density at radius 1 is 1.07 bits per heavy atom. The number of carbonyl (C=O) groups excluding carboxylic acids is 1. The fourth-order valence-corrected chi connectivity index (χ4v) is 3.01. The van der Waals surface area contributed by atoms with E-state index in [0.717, 1.165) is 28.4 Å². The first-order chi connectivity index (χ1) is 13.5. The first-order valence-electron chi connectivity index (χ1n) is 8.71. The number of aliphatic imine (C=N–C) groups is 1. The number of rotatable bonds is 6. The standard InChI is InChI=1S/C22H20N4OS/c1-15(2)19(14-23-16(3)17-10-6-4-7-11-17)21(27)25-22-24-20(26-28-22)18-12-8-5-9-13-18/h4-14H,1H2,2-3H3,(H,24,25,26,27)/b19-14+,23-16?. The van der Waals surface area contributed by atoms with Crippen molar-refractivity contribution in [3.8, 4) is 11.4 Å². The van der Waals surface area contributed by atoms with E-state index in [1.807, 2.05) is 67.6 Å². The maximum Gasteiger partial charge on any atom is 0.259 e. The lowest BCUT2D eigenvalue weighted by molar-refractivity contribution is -0.112. The van der Waals surface area contributed by atoms with E-state index in [1.54, 1.807) is 13.1 Å². The van der Waals surface area contributed by atoms with E-state index < -0.39 is 0 Å². The van der Waals surface area contributed by atoms with Crippen molar-refractivity contribution in [3.05, 3.63) is 90.2 Å². The van der Waals surface area contributed by atoms with Crippen molar-refractivity contribution in [1.82, 2.24) is 9.36 Å². The Morgan fingerprint density at radius 3 is 2.36 bits per heavy atom. The van der Waals surface area contributed by atoms with Crippen molar-refractivity contribution in [2.24, 2.45) is 4.99 Å². The van der Waals surface area contributed by atoms with Gasteiger partial charge in [-0.15, -0.1) is 0 Å². The van der Waals surface area contributed by atoms with Gasteiger partial charge >= 0.3 is 0 Å². The van der Waals surface area contributed by atoms with Crippen LogP contribution in [0, 0.1) is 0 Å². The molecule has 140 valence electrons. The second-order valence-corrected chi connectivity index (χ2v) is 6.90. The van der Waals surface area contributed by atoms with Gasteiger partial charge in [-0.2, -0.15) is 9.36 Å². The molecule has 0 aliphatic rings. The number of benzene rings is 2. The van der Waals surface area contributed by atoms with Crippen LogP contribution in [0.1, 0.15) is 19.4 Å². The molecule has 3 rings (SSSR count). The fraction of sp³-hybridized carbons (Fsp3) is 0.0909. The summed E-state index contributed by atoms with van der Waals surface area (Å²) in [6, 6.07) is 19.4. The van der Waals surface area contributed by atoms with E-state index in [-0.39, 0.29) is 5.91 Å². The summed E-state index contributed by atoms with van der Waals surface area (Å²) in [4.78, 5) is 21.5. The van der Waals surface area contributed by atoms with Gasteiger partial charge in [-0.3, -0.25) is 15.1 Å². The van der Waals surface area contributed by atoms with Crippen LogP contribution < -0.4 is 5.32 Å². The van der Waals surface area contributed by atoms with E-state index in [2.05, 4.69) is 26.2 Å². The highest BCUT2D eigenvalue weighted by atomic mass is 32.1. The quantitative estimate of drug-likeness (QED) is 0.362. The first-order valence-corrected chi connectivity index (χ1v) is 9.48. The lowest BCUT2D eigenvalue weighted by Crippen LogP contribution is -2.15. The zero-order valence-electron chi connectivity index (χ0n) is 15.7. The minimum absolute atomic E-state index is 0.312. The second-order valence-electron chi connectivity index (χ2n) is 6.15. The van der Waals surface area contributed by atoms with Crippen LogP contribution in [0.15, 0.2) is 89.6 Å². The van der Waals surface area contributed by atoms with Crippen molar-refractivity contribution in [3.63, 3.8) is 0 Å². The molecule has 0 fully saturated rings. The van der Waals surface area contributed by atoms with Gasteiger partial charge < -0.3 is 0 Å². The molecule has 6 heteroatoms. The van der Waals surface area contributed by atoms with E-state index in [0.29, 0.717) is 22.1 Å². The number of anilines is 1. The van der Waals surface area contributed by atoms with Crippen molar-refractivity contribution in [1.29, 1.82) is 0 Å². The third kappa shape index (κ3) is 4.86. The molecule has 1 N–H and O–H groups in total. The highest BCUT2D eigenvalue weighted by Gasteiger charge is 2.14. The van der Waals surface area contributed by atoms with E-state index >= 15 is 0 Å². The minimum atomic E-state index is -0.312. The van der Waals surface area contributed by atoms with Crippen LogP contribution in [-0.2, 0) is 4.79 Å². The van der Waals surface area contributed by atoms with Gasteiger partial charge in [-0.05, 0) is 25.0 Å². The predicted molar refractivity (Wildman–Crippen MR) is 116 cm³/mol. The molecule has 0 spiro atoms. The van der Waals surface area contributed by atoms with Gasteiger partial charge in [-0.1, -0.05) is 67.2 Å². The molecule has 0 bridgehead atoms. The van der Waals surface area contributed by atoms with Crippen LogP contribution in [0.2, 0.25) is 0 Å². The van der Waals surface area contributed by atoms with Gasteiger partial charge in [-0.25, -0.2) is 0 Å². The maximum atomic E-state index is 12.7. The van der Waals surface area contributed by atoms with Crippen LogP contribution in [0.25, 0.3) is 11.4 Å². The third-order valence-electron chi connectivity index (χ3n) is 3.96. The van der Waals surface area contributed by atoms with Crippen molar-refractivity contribution in [2.75, 3.05) is 5.32 Å². The fourth-order valence-electron chi connectivity index (χ4n) is 2.42. The molecule has 1 heterocycles. The Labute approximate surface area is 168 Å². The van der Waals surface area contributed by atoms with E-state index in [9.17, 15) is 4.79 Å². The van der Waals surface area contributed by atoms with Gasteiger partial charge in [0.25, 0.3) is 5.91 Å². The maximum absolute atomic E-state index is 12.7. The molecule has 1 aromatic heterocycles. The average molecular weight is 388 g/mol. The molecule has 1 amide bonds. The summed E-state index contributed by atoms with van der Waals surface area (Å²) in [6.07, 6.45) is 1.54. The highest BCUT2D eigenvalue weighted by molar-refractivity contribution is 7.10. The lowest BCUT2D eigenvalue weighted by atomic mass is 10.1. The molecule has 0 radical (unpaired) electrons. The van der Waals surface area contributed by atoms with Gasteiger partial charge in [0.2, 0.25) is 5.13 Å². The molecule has 2 aromatic carbocycles. The Balaban J connectivity index is 1.77. The zero-order valence-corrected chi connectivity index (χ0v) is 16.5. The summed E-state index contributed by atoms with van der Waals surface area (Å²) < 4.78 is 4.30. The summed E-state index contributed by atoms with van der Waals surface area (Å²) in [7, 11) is 0. The highest BCUT2D eigenvalue weighted by Crippen LogP contribution is 2.21. The molecular formula is C22H20N4OS. The van der Waals surface area contributed by atoms with Crippen molar-refractivity contribution < 1.29 is 4.79 Å². The number of aromatic nitrogens is 2. The third-order valence-corrected chi connectivity index (χ3v) is 4.59. The molecule has 0 saturated heterocycles.